The second-order valence-electron chi connectivity index (χ2n) is 9.48. The van der Waals surface area contributed by atoms with Crippen LogP contribution in [0.3, 0.4) is 0 Å². The fourth-order valence-electron chi connectivity index (χ4n) is 3.49. The predicted molar refractivity (Wildman–Crippen MR) is 143 cm³/mol. The van der Waals surface area contributed by atoms with Gasteiger partial charge in [0.1, 0.15) is 29.0 Å². The van der Waals surface area contributed by atoms with Gasteiger partial charge in [0.05, 0.1) is 6.04 Å². The molecule has 0 aliphatic heterocycles. The molecule has 1 amide bonds. The summed E-state index contributed by atoms with van der Waals surface area (Å²) in [4.78, 5) is 20.8. The highest BCUT2D eigenvalue weighted by atomic mass is 35.5. The summed E-state index contributed by atoms with van der Waals surface area (Å²) < 4.78 is 25.1. The minimum Gasteiger partial charge on any atom is -0.488 e. The molecule has 1 unspecified atom stereocenters. The lowest BCUT2D eigenvalue weighted by atomic mass is 10.0. The molecule has 3 rings (SSSR count). The van der Waals surface area contributed by atoms with Gasteiger partial charge in [0.15, 0.2) is 11.6 Å². The van der Waals surface area contributed by atoms with Crippen molar-refractivity contribution >= 4 is 35.0 Å². The molecule has 3 aromatic rings. The molecule has 0 saturated carbocycles. The Balaban J connectivity index is 1.86. The molecule has 1 aromatic carbocycles. The SMILES string of the molecule is CC(=N)c1cc(-c2cc(OCC(Cc3cccc(F)c3)NC(=O)OC(C)(C)C)c(N)nc2Cl)cnc1N. The Bertz CT molecular complexity index is 1310. The predicted octanol–water partition coefficient (Wildman–Crippen LogP) is 5.00. The van der Waals surface area contributed by atoms with E-state index >= 15 is 0 Å². The Hall–Kier alpha value is -3.92. The molecule has 0 aliphatic carbocycles. The molecule has 196 valence electrons. The summed E-state index contributed by atoms with van der Waals surface area (Å²) >= 11 is 6.35. The van der Waals surface area contributed by atoms with E-state index in [1.54, 1.807) is 52.0 Å². The lowest BCUT2D eigenvalue weighted by Crippen LogP contribution is -2.43. The van der Waals surface area contributed by atoms with Gasteiger partial charge in [0.2, 0.25) is 0 Å². The van der Waals surface area contributed by atoms with Gasteiger partial charge >= 0.3 is 6.09 Å². The first kappa shape index (κ1) is 27.7. The van der Waals surface area contributed by atoms with Crippen LogP contribution in [0.5, 0.6) is 5.75 Å². The lowest BCUT2D eigenvalue weighted by molar-refractivity contribution is 0.0488. The van der Waals surface area contributed by atoms with E-state index in [4.69, 9.17) is 38.0 Å². The lowest BCUT2D eigenvalue weighted by Gasteiger charge is -2.24. The van der Waals surface area contributed by atoms with E-state index in [9.17, 15) is 9.18 Å². The molecule has 2 aromatic heterocycles. The molecule has 0 fully saturated rings. The fourth-order valence-corrected chi connectivity index (χ4v) is 3.75. The summed E-state index contributed by atoms with van der Waals surface area (Å²) in [5, 5.41) is 10.8. The average Bonchev–Trinajstić information content (AvgIpc) is 2.77. The van der Waals surface area contributed by atoms with Crippen molar-refractivity contribution in [3.8, 4) is 16.9 Å². The van der Waals surface area contributed by atoms with Crippen LogP contribution < -0.4 is 21.5 Å². The van der Waals surface area contributed by atoms with Gasteiger partial charge < -0.3 is 31.7 Å². The first-order valence-electron chi connectivity index (χ1n) is 11.5. The van der Waals surface area contributed by atoms with Crippen molar-refractivity contribution < 1.29 is 18.7 Å². The van der Waals surface area contributed by atoms with Gasteiger partial charge in [-0.1, -0.05) is 23.7 Å². The third kappa shape index (κ3) is 7.78. The summed E-state index contributed by atoms with van der Waals surface area (Å²) in [5.41, 5.74) is 13.7. The first-order chi connectivity index (χ1) is 17.3. The number of aromatic nitrogens is 2. The monoisotopic (exact) mass is 528 g/mol. The van der Waals surface area contributed by atoms with Crippen molar-refractivity contribution in [1.82, 2.24) is 15.3 Å². The van der Waals surface area contributed by atoms with E-state index < -0.39 is 17.7 Å². The van der Waals surface area contributed by atoms with Gasteiger partial charge in [0.25, 0.3) is 0 Å². The third-order valence-electron chi connectivity index (χ3n) is 5.13. The number of anilines is 2. The Morgan fingerprint density at radius 1 is 1.22 bits per heavy atom. The van der Waals surface area contributed by atoms with Crippen LogP contribution in [0.25, 0.3) is 11.1 Å². The summed E-state index contributed by atoms with van der Waals surface area (Å²) in [6.45, 7) is 6.84. The van der Waals surface area contributed by atoms with Crippen molar-refractivity contribution in [1.29, 1.82) is 5.41 Å². The summed E-state index contributed by atoms with van der Waals surface area (Å²) in [7, 11) is 0. The number of nitrogens with zero attached hydrogens (tertiary/aromatic N) is 2. The molecule has 9 nitrogen and oxygen atoms in total. The van der Waals surface area contributed by atoms with Crippen LogP contribution >= 0.6 is 11.6 Å². The van der Waals surface area contributed by atoms with Crippen LogP contribution in [0.2, 0.25) is 5.15 Å². The number of rotatable bonds is 8. The van der Waals surface area contributed by atoms with Gasteiger partial charge in [-0.2, -0.15) is 0 Å². The average molecular weight is 529 g/mol. The van der Waals surface area contributed by atoms with Crippen LogP contribution in [0.15, 0.2) is 42.6 Å². The number of carbonyl (C=O) groups is 1. The maximum Gasteiger partial charge on any atom is 0.408 e. The number of halogens is 2. The van der Waals surface area contributed by atoms with Crippen molar-refractivity contribution in [2.45, 2.75) is 45.8 Å². The number of benzene rings is 1. The Morgan fingerprint density at radius 3 is 2.59 bits per heavy atom. The second kappa shape index (κ2) is 11.4. The molecular formula is C26H30ClFN6O3. The van der Waals surface area contributed by atoms with Gasteiger partial charge in [0, 0.05) is 28.6 Å². The minimum atomic E-state index is -0.700. The van der Waals surface area contributed by atoms with Gasteiger partial charge in [-0.25, -0.2) is 19.2 Å². The van der Waals surface area contributed by atoms with Crippen LogP contribution in [0.1, 0.15) is 38.8 Å². The van der Waals surface area contributed by atoms with E-state index in [1.165, 1.54) is 18.3 Å². The number of nitrogens with two attached hydrogens (primary N) is 2. The smallest absolute Gasteiger partial charge is 0.408 e. The molecule has 0 saturated heterocycles. The molecule has 0 aliphatic rings. The topological polar surface area (TPSA) is 149 Å². The quantitative estimate of drug-likeness (QED) is 0.237. The molecule has 11 heteroatoms. The second-order valence-corrected chi connectivity index (χ2v) is 9.84. The van der Waals surface area contributed by atoms with E-state index in [2.05, 4.69) is 15.3 Å². The van der Waals surface area contributed by atoms with Gasteiger partial charge in [-0.15, -0.1) is 0 Å². The molecule has 1 atom stereocenters. The maximum absolute atomic E-state index is 13.7. The first-order valence-corrected chi connectivity index (χ1v) is 11.8. The van der Waals surface area contributed by atoms with Gasteiger partial charge in [-0.05, 0) is 63.9 Å². The number of ether oxygens (including phenoxy) is 2. The van der Waals surface area contributed by atoms with E-state index in [0.717, 1.165) is 0 Å². The molecule has 0 bridgehead atoms. The summed E-state index contributed by atoms with van der Waals surface area (Å²) in [5.74, 6) is 0.101. The number of hydrogen-bond acceptors (Lipinski definition) is 8. The zero-order valence-corrected chi connectivity index (χ0v) is 21.8. The largest absolute Gasteiger partial charge is 0.488 e. The van der Waals surface area contributed by atoms with Crippen molar-refractivity contribution in [2.75, 3.05) is 18.1 Å². The number of hydrogen-bond donors (Lipinski definition) is 4. The normalized spacial score (nSPS) is 12.1. The minimum absolute atomic E-state index is 0.0203. The number of nitrogen functional groups attached to an aromatic ring is 2. The molecular weight excluding hydrogens is 499 g/mol. The highest BCUT2D eigenvalue weighted by Gasteiger charge is 2.22. The maximum atomic E-state index is 13.7. The molecule has 0 radical (unpaired) electrons. The third-order valence-corrected chi connectivity index (χ3v) is 5.42. The zero-order valence-electron chi connectivity index (χ0n) is 21.1. The summed E-state index contributed by atoms with van der Waals surface area (Å²) in [6, 6.07) is 8.78. The van der Waals surface area contributed by atoms with E-state index in [0.29, 0.717) is 22.3 Å². The Morgan fingerprint density at radius 2 is 1.95 bits per heavy atom. The number of amides is 1. The van der Waals surface area contributed by atoms with Crippen molar-refractivity contribution in [3.63, 3.8) is 0 Å². The summed E-state index contributed by atoms with van der Waals surface area (Å²) in [6.07, 6.45) is 1.15. The number of carbonyl (C=O) groups excluding carboxylic acids is 1. The molecule has 0 spiro atoms. The van der Waals surface area contributed by atoms with Crippen LogP contribution in [0, 0.1) is 11.2 Å². The van der Waals surface area contributed by atoms with Crippen LogP contribution in [-0.4, -0.2) is 40.0 Å². The highest BCUT2D eigenvalue weighted by molar-refractivity contribution is 6.32. The highest BCUT2D eigenvalue weighted by Crippen LogP contribution is 2.34. The van der Waals surface area contributed by atoms with Crippen molar-refractivity contribution in [2.24, 2.45) is 0 Å². The Kier molecular flexibility index (Phi) is 8.54. The fraction of sp³-hybridized carbons (Fsp3) is 0.308. The molecule has 6 N–H and O–H groups in total. The van der Waals surface area contributed by atoms with Gasteiger partial charge in [-0.3, -0.25) is 0 Å². The Labute approximate surface area is 219 Å². The number of nitrogens with one attached hydrogen (secondary N) is 2. The van der Waals surface area contributed by atoms with Crippen LogP contribution in [0.4, 0.5) is 20.8 Å². The number of alkyl carbamates (subject to hydrolysis) is 1. The molecule has 2 heterocycles. The standard InChI is InChI=1S/C26H30ClFN6O3/c1-14(29)19-10-16(12-32-23(19)30)20-11-21(24(31)34-22(20)27)36-13-18(33-25(35)37-26(2,3)4)9-15-6-5-7-17(28)8-15/h5-8,10-12,18,29H,9,13H2,1-4H3,(H2,30,32)(H2,31,34)(H,33,35). The number of pyridine rings is 2. The van der Waals surface area contributed by atoms with Crippen LogP contribution in [-0.2, 0) is 11.2 Å². The van der Waals surface area contributed by atoms with Crippen molar-refractivity contribution in [3.05, 3.63) is 64.7 Å². The molecule has 37 heavy (non-hydrogen) atoms. The van der Waals surface area contributed by atoms with E-state index in [-0.39, 0.29) is 47.1 Å². The van der Waals surface area contributed by atoms with E-state index in [1.807, 2.05) is 0 Å². The zero-order chi connectivity index (χ0) is 27.3.